The summed E-state index contributed by atoms with van der Waals surface area (Å²) in [5, 5.41) is 20.1. The van der Waals surface area contributed by atoms with E-state index in [0.29, 0.717) is 25.7 Å². The molecule has 8 nitrogen and oxygen atoms in total. The largest absolute Gasteiger partial charge is 0.507 e. The molecule has 0 radical (unpaired) electrons. The summed E-state index contributed by atoms with van der Waals surface area (Å²) in [7, 11) is 1.41. The normalized spacial score (nSPS) is 12.2. The SMILES string of the molecule is CCCCCc1c2c(cc(O)c1C(=O)O)OC(=O)c1cc(C(=O)CCCC)c(OC)cc1O2. The van der Waals surface area contributed by atoms with Gasteiger partial charge in [-0.1, -0.05) is 33.1 Å². The Labute approximate surface area is 192 Å². The molecule has 0 saturated heterocycles. The standard InChI is InChI=1S/C25H28O8/c1-4-6-8-9-14-22(24(28)29)18(27)12-21-23(14)32-20-13-19(31-3)15(17(26)10-7-5-2)11-16(20)25(30)33-21/h11-13,27H,4-10H2,1-3H3,(H,28,29). The van der Waals surface area contributed by atoms with Gasteiger partial charge in [-0.05, 0) is 25.3 Å². The smallest absolute Gasteiger partial charge is 0.347 e. The maximum Gasteiger partial charge on any atom is 0.347 e. The maximum atomic E-state index is 12.9. The molecule has 2 aromatic rings. The van der Waals surface area contributed by atoms with E-state index in [-0.39, 0.29) is 51.0 Å². The molecule has 1 aliphatic rings. The van der Waals surface area contributed by atoms with Gasteiger partial charge in [0.15, 0.2) is 17.3 Å². The van der Waals surface area contributed by atoms with Gasteiger partial charge in [-0.25, -0.2) is 9.59 Å². The zero-order valence-electron chi connectivity index (χ0n) is 19.0. The molecule has 0 saturated carbocycles. The number of carboxylic acid groups (broad SMARTS) is 1. The zero-order valence-corrected chi connectivity index (χ0v) is 19.0. The predicted molar refractivity (Wildman–Crippen MR) is 120 cm³/mol. The predicted octanol–water partition coefficient (Wildman–Crippen LogP) is 5.53. The van der Waals surface area contributed by atoms with Crippen molar-refractivity contribution >= 4 is 17.7 Å². The summed E-state index contributed by atoms with van der Waals surface area (Å²) in [6.07, 6.45) is 4.57. The average molecular weight is 456 g/mol. The Balaban J connectivity index is 2.15. The number of aromatic hydroxyl groups is 1. The van der Waals surface area contributed by atoms with Crippen LogP contribution in [0.4, 0.5) is 0 Å². The van der Waals surface area contributed by atoms with Crippen LogP contribution in [0.25, 0.3) is 0 Å². The molecule has 0 atom stereocenters. The quantitative estimate of drug-likeness (QED) is 0.207. The van der Waals surface area contributed by atoms with Gasteiger partial charge in [0.1, 0.15) is 28.4 Å². The van der Waals surface area contributed by atoms with Crippen LogP contribution in [0.3, 0.4) is 0 Å². The lowest BCUT2D eigenvalue weighted by Crippen LogP contribution is -2.10. The second kappa shape index (κ2) is 10.4. The highest BCUT2D eigenvalue weighted by molar-refractivity contribution is 6.04. The van der Waals surface area contributed by atoms with Crippen LogP contribution in [-0.4, -0.2) is 35.0 Å². The van der Waals surface area contributed by atoms with Crippen molar-refractivity contribution in [3.05, 3.63) is 40.5 Å². The van der Waals surface area contributed by atoms with E-state index in [0.717, 1.165) is 25.3 Å². The van der Waals surface area contributed by atoms with E-state index in [2.05, 4.69) is 0 Å². The number of hydrogen-bond donors (Lipinski definition) is 2. The van der Waals surface area contributed by atoms with Crippen LogP contribution in [0.5, 0.6) is 28.7 Å². The number of phenols is 1. The van der Waals surface area contributed by atoms with E-state index in [9.17, 15) is 24.6 Å². The topological polar surface area (TPSA) is 119 Å². The van der Waals surface area contributed by atoms with Crippen molar-refractivity contribution in [2.75, 3.05) is 7.11 Å². The number of aromatic carboxylic acids is 1. The van der Waals surface area contributed by atoms with Gasteiger partial charge in [0.25, 0.3) is 0 Å². The Morgan fingerprint density at radius 3 is 2.36 bits per heavy atom. The van der Waals surface area contributed by atoms with Crippen molar-refractivity contribution in [1.29, 1.82) is 0 Å². The lowest BCUT2D eigenvalue weighted by atomic mass is 9.98. The van der Waals surface area contributed by atoms with Crippen molar-refractivity contribution in [3.8, 4) is 28.7 Å². The molecule has 0 unspecified atom stereocenters. The van der Waals surface area contributed by atoms with Gasteiger partial charge in [-0.15, -0.1) is 0 Å². The summed E-state index contributed by atoms with van der Waals surface area (Å²) < 4.78 is 16.9. The summed E-state index contributed by atoms with van der Waals surface area (Å²) in [4.78, 5) is 37.5. The third-order valence-corrected chi connectivity index (χ3v) is 5.56. The first-order valence-corrected chi connectivity index (χ1v) is 11.1. The fourth-order valence-electron chi connectivity index (χ4n) is 3.82. The molecule has 176 valence electrons. The summed E-state index contributed by atoms with van der Waals surface area (Å²) in [5.74, 6) is -2.46. The number of fused-ring (bicyclic) bond motifs is 2. The number of hydrogen-bond acceptors (Lipinski definition) is 7. The summed E-state index contributed by atoms with van der Waals surface area (Å²) in [5.41, 5.74) is 0.215. The molecule has 0 aromatic heterocycles. The fourth-order valence-corrected chi connectivity index (χ4v) is 3.82. The van der Waals surface area contributed by atoms with Gasteiger partial charge >= 0.3 is 11.9 Å². The summed E-state index contributed by atoms with van der Waals surface area (Å²) >= 11 is 0. The van der Waals surface area contributed by atoms with Crippen molar-refractivity contribution in [3.63, 3.8) is 0 Å². The Kier molecular flexibility index (Phi) is 7.58. The molecule has 0 fully saturated rings. The van der Waals surface area contributed by atoms with Crippen molar-refractivity contribution < 1.29 is 38.8 Å². The van der Waals surface area contributed by atoms with E-state index in [4.69, 9.17) is 14.2 Å². The minimum Gasteiger partial charge on any atom is -0.507 e. The third kappa shape index (κ3) is 4.94. The Morgan fingerprint density at radius 2 is 1.73 bits per heavy atom. The molecule has 8 heteroatoms. The van der Waals surface area contributed by atoms with E-state index in [1.807, 2.05) is 13.8 Å². The van der Waals surface area contributed by atoms with E-state index in [1.165, 1.54) is 19.2 Å². The van der Waals surface area contributed by atoms with Gasteiger partial charge < -0.3 is 24.4 Å². The molecule has 2 N–H and O–H groups in total. The van der Waals surface area contributed by atoms with Gasteiger partial charge in [0.2, 0.25) is 0 Å². The minimum atomic E-state index is -1.31. The van der Waals surface area contributed by atoms with Crippen molar-refractivity contribution in [2.24, 2.45) is 0 Å². The van der Waals surface area contributed by atoms with Gasteiger partial charge in [-0.2, -0.15) is 0 Å². The molecular weight excluding hydrogens is 428 g/mol. The fraction of sp³-hybridized carbons (Fsp3) is 0.400. The monoisotopic (exact) mass is 456 g/mol. The number of Topliss-reactive ketones (excluding diaryl/α,β-unsaturated/α-hetero) is 1. The lowest BCUT2D eigenvalue weighted by molar-refractivity contribution is 0.0691. The molecule has 33 heavy (non-hydrogen) atoms. The molecule has 2 aromatic carbocycles. The van der Waals surface area contributed by atoms with Crippen LogP contribution in [0.15, 0.2) is 18.2 Å². The van der Waals surface area contributed by atoms with Crippen LogP contribution < -0.4 is 14.2 Å². The number of esters is 1. The number of benzene rings is 2. The zero-order chi connectivity index (χ0) is 24.1. The number of rotatable bonds is 10. The van der Waals surface area contributed by atoms with Crippen molar-refractivity contribution in [1.82, 2.24) is 0 Å². The Morgan fingerprint density at radius 1 is 1.00 bits per heavy atom. The van der Waals surface area contributed by atoms with Gasteiger partial charge in [0.05, 0.1) is 12.7 Å². The number of unbranched alkanes of at least 4 members (excludes halogenated alkanes) is 3. The first-order valence-electron chi connectivity index (χ1n) is 11.1. The maximum absolute atomic E-state index is 12.9. The lowest BCUT2D eigenvalue weighted by Gasteiger charge is -2.17. The molecular formula is C25H28O8. The molecule has 0 spiro atoms. The van der Waals surface area contributed by atoms with Gasteiger partial charge in [0, 0.05) is 24.1 Å². The second-order valence-electron chi connectivity index (χ2n) is 7.91. The van der Waals surface area contributed by atoms with E-state index < -0.39 is 17.7 Å². The van der Waals surface area contributed by atoms with Crippen LogP contribution in [0.2, 0.25) is 0 Å². The number of carbonyl (C=O) groups is 3. The number of ether oxygens (including phenoxy) is 3. The molecule has 0 bridgehead atoms. The molecule has 0 amide bonds. The third-order valence-electron chi connectivity index (χ3n) is 5.56. The Bertz CT molecular complexity index is 1090. The van der Waals surface area contributed by atoms with Crippen LogP contribution in [-0.2, 0) is 6.42 Å². The summed E-state index contributed by atoms with van der Waals surface area (Å²) in [6, 6.07) is 3.89. The number of methoxy groups -OCH3 is 1. The second-order valence-corrected chi connectivity index (χ2v) is 7.91. The molecule has 0 aliphatic carbocycles. The van der Waals surface area contributed by atoms with Crippen molar-refractivity contribution in [2.45, 2.75) is 58.8 Å². The number of carboxylic acids is 1. The Hall–Kier alpha value is -3.55. The average Bonchev–Trinajstić information content (AvgIpc) is 2.91. The molecule has 3 rings (SSSR count). The minimum absolute atomic E-state index is 0.0164. The highest BCUT2D eigenvalue weighted by Crippen LogP contribution is 2.46. The van der Waals surface area contributed by atoms with Crippen LogP contribution in [0, 0.1) is 0 Å². The first-order chi connectivity index (χ1) is 15.8. The highest BCUT2D eigenvalue weighted by Gasteiger charge is 2.32. The highest BCUT2D eigenvalue weighted by atomic mass is 16.6. The van der Waals surface area contributed by atoms with E-state index >= 15 is 0 Å². The number of carbonyl (C=O) groups excluding carboxylic acids is 2. The molecule has 1 heterocycles. The number of ketones is 1. The van der Waals surface area contributed by atoms with Crippen LogP contribution >= 0.6 is 0 Å². The van der Waals surface area contributed by atoms with E-state index in [1.54, 1.807) is 0 Å². The van der Waals surface area contributed by atoms with Gasteiger partial charge in [-0.3, -0.25) is 4.79 Å². The molecule has 1 aliphatic heterocycles. The summed E-state index contributed by atoms with van der Waals surface area (Å²) in [6.45, 7) is 3.99. The van der Waals surface area contributed by atoms with Crippen LogP contribution in [0.1, 0.15) is 89.0 Å². The first kappa shape index (κ1) is 24.1.